The van der Waals surface area contributed by atoms with Gasteiger partial charge in [0.1, 0.15) is 0 Å². The minimum Gasteiger partial charge on any atom is -0.304 e. The topological polar surface area (TPSA) is 6.48 Å². The van der Waals surface area contributed by atoms with Crippen molar-refractivity contribution in [2.45, 2.75) is 24.8 Å². The molecular formula is C10H22N2S. The summed E-state index contributed by atoms with van der Waals surface area (Å²) in [5.74, 6) is 0.958. The highest BCUT2D eigenvalue weighted by atomic mass is 32.1. The number of nitrogens with zero attached hydrogens (tertiary/aromatic N) is 2. The Kier molecular flexibility index (Phi) is 4.07. The molecule has 3 heteroatoms. The molecule has 0 unspecified atom stereocenters. The average molecular weight is 202 g/mol. The lowest BCUT2D eigenvalue weighted by Crippen LogP contribution is -2.56. The van der Waals surface area contributed by atoms with Gasteiger partial charge in [0.25, 0.3) is 0 Å². The lowest BCUT2D eigenvalue weighted by atomic mass is 9.75. The average Bonchev–Trinajstić information content (AvgIpc) is 1.96. The first-order valence-corrected chi connectivity index (χ1v) is 5.71. The molecule has 0 amide bonds. The van der Waals surface area contributed by atoms with Crippen LogP contribution in [0.15, 0.2) is 0 Å². The fraction of sp³-hybridized carbons (Fsp3) is 1.00. The van der Waals surface area contributed by atoms with Crippen LogP contribution in [-0.2, 0) is 0 Å². The van der Waals surface area contributed by atoms with E-state index in [1.165, 1.54) is 25.8 Å². The number of hydrogen-bond acceptors (Lipinski definition) is 3. The first-order valence-electron chi connectivity index (χ1n) is 5.07. The summed E-state index contributed by atoms with van der Waals surface area (Å²) in [5.41, 5.74) is 0.470. The highest BCUT2D eigenvalue weighted by Crippen LogP contribution is 2.36. The molecule has 2 nitrogen and oxygen atoms in total. The Morgan fingerprint density at radius 3 is 2.15 bits per heavy atom. The Hall–Kier alpha value is 0.270. The molecule has 1 rings (SSSR count). The molecular weight excluding hydrogens is 180 g/mol. The highest BCUT2D eigenvalue weighted by Gasteiger charge is 2.39. The predicted octanol–water partition coefficient (Wildman–Crippen LogP) is 1.33. The van der Waals surface area contributed by atoms with E-state index in [4.69, 9.17) is 0 Å². The quantitative estimate of drug-likeness (QED) is 0.672. The van der Waals surface area contributed by atoms with Crippen molar-refractivity contribution in [3.05, 3.63) is 0 Å². The molecule has 0 radical (unpaired) electrons. The van der Waals surface area contributed by atoms with Crippen molar-refractivity contribution in [3.63, 3.8) is 0 Å². The molecule has 0 aliphatic heterocycles. The normalized spacial score (nSPS) is 20.8. The third kappa shape index (κ3) is 2.61. The molecule has 1 fully saturated rings. The summed E-state index contributed by atoms with van der Waals surface area (Å²) >= 11 is 4.25. The van der Waals surface area contributed by atoms with Gasteiger partial charge in [-0.2, -0.15) is 12.6 Å². The van der Waals surface area contributed by atoms with E-state index < -0.39 is 0 Å². The zero-order chi connectivity index (χ0) is 9.90. The summed E-state index contributed by atoms with van der Waals surface area (Å²) < 4.78 is 0. The SMILES string of the molecule is CN(CCS)CC1(N(C)C)CCC1. The summed E-state index contributed by atoms with van der Waals surface area (Å²) in [6.45, 7) is 2.29. The van der Waals surface area contributed by atoms with Crippen molar-refractivity contribution in [1.29, 1.82) is 0 Å². The summed E-state index contributed by atoms with van der Waals surface area (Å²) in [4.78, 5) is 4.79. The molecule has 0 bridgehead atoms. The fourth-order valence-corrected chi connectivity index (χ4v) is 2.43. The van der Waals surface area contributed by atoms with Gasteiger partial charge in [-0.1, -0.05) is 0 Å². The smallest absolute Gasteiger partial charge is 0.0330 e. The zero-order valence-corrected chi connectivity index (χ0v) is 9.98. The summed E-state index contributed by atoms with van der Waals surface area (Å²) in [7, 11) is 6.60. The van der Waals surface area contributed by atoms with Gasteiger partial charge in [0.05, 0.1) is 0 Å². The van der Waals surface area contributed by atoms with Crippen molar-refractivity contribution in [3.8, 4) is 0 Å². The van der Waals surface area contributed by atoms with Crippen LogP contribution in [0.3, 0.4) is 0 Å². The van der Waals surface area contributed by atoms with E-state index in [9.17, 15) is 0 Å². The third-order valence-electron chi connectivity index (χ3n) is 3.28. The molecule has 0 atom stereocenters. The van der Waals surface area contributed by atoms with E-state index in [0.29, 0.717) is 5.54 Å². The van der Waals surface area contributed by atoms with E-state index in [0.717, 1.165) is 12.3 Å². The van der Waals surface area contributed by atoms with Gasteiger partial charge in [-0.3, -0.25) is 0 Å². The minimum absolute atomic E-state index is 0.470. The molecule has 0 N–H and O–H groups in total. The fourth-order valence-electron chi connectivity index (χ4n) is 2.08. The van der Waals surface area contributed by atoms with Crippen LogP contribution in [0.25, 0.3) is 0 Å². The summed E-state index contributed by atoms with van der Waals surface area (Å²) in [6, 6.07) is 0. The van der Waals surface area contributed by atoms with E-state index in [1.54, 1.807) is 0 Å². The number of rotatable bonds is 5. The van der Waals surface area contributed by atoms with E-state index in [1.807, 2.05) is 0 Å². The molecule has 0 aromatic carbocycles. The molecule has 78 valence electrons. The molecule has 0 aromatic rings. The first-order chi connectivity index (χ1) is 6.10. The van der Waals surface area contributed by atoms with Crippen molar-refractivity contribution >= 4 is 12.6 Å². The monoisotopic (exact) mass is 202 g/mol. The maximum absolute atomic E-state index is 4.25. The molecule has 1 saturated carbocycles. The van der Waals surface area contributed by atoms with E-state index >= 15 is 0 Å². The van der Waals surface area contributed by atoms with Crippen LogP contribution in [0.4, 0.5) is 0 Å². The van der Waals surface area contributed by atoms with Gasteiger partial charge in [-0.15, -0.1) is 0 Å². The number of likely N-dealkylation sites (N-methyl/N-ethyl adjacent to an activating group) is 2. The second kappa shape index (κ2) is 4.67. The predicted molar refractivity (Wildman–Crippen MR) is 61.6 cm³/mol. The van der Waals surface area contributed by atoms with E-state index in [2.05, 4.69) is 43.6 Å². The van der Waals surface area contributed by atoms with Gasteiger partial charge in [0.2, 0.25) is 0 Å². The third-order valence-corrected chi connectivity index (χ3v) is 3.48. The van der Waals surface area contributed by atoms with Crippen LogP contribution in [0.2, 0.25) is 0 Å². The lowest BCUT2D eigenvalue weighted by molar-refractivity contribution is 0.0295. The van der Waals surface area contributed by atoms with Crippen molar-refractivity contribution in [2.24, 2.45) is 0 Å². The summed E-state index contributed by atoms with van der Waals surface area (Å²) in [5, 5.41) is 0. The molecule has 1 aliphatic carbocycles. The Morgan fingerprint density at radius 2 is 1.85 bits per heavy atom. The lowest BCUT2D eigenvalue weighted by Gasteiger charge is -2.49. The molecule has 0 saturated heterocycles. The van der Waals surface area contributed by atoms with Crippen molar-refractivity contribution in [2.75, 3.05) is 40.0 Å². The Morgan fingerprint density at radius 1 is 1.23 bits per heavy atom. The molecule has 13 heavy (non-hydrogen) atoms. The largest absolute Gasteiger partial charge is 0.304 e. The Bertz CT molecular complexity index is 155. The first kappa shape index (κ1) is 11.3. The minimum atomic E-state index is 0.470. The van der Waals surface area contributed by atoms with Crippen LogP contribution in [0.5, 0.6) is 0 Å². The zero-order valence-electron chi connectivity index (χ0n) is 9.08. The number of thiol groups is 1. The molecule has 0 spiro atoms. The van der Waals surface area contributed by atoms with Gasteiger partial charge >= 0.3 is 0 Å². The molecule has 1 aliphatic rings. The highest BCUT2D eigenvalue weighted by molar-refractivity contribution is 7.80. The van der Waals surface area contributed by atoms with Crippen LogP contribution >= 0.6 is 12.6 Å². The van der Waals surface area contributed by atoms with Crippen molar-refractivity contribution in [1.82, 2.24) is 9.80 Å². The summed E-state index contributed by atoms with van der Waals surface area (Å²) in [6.07, 6.45) is 4.11. The molecule has 0 aromatic heterocycles. The molecule has 0 heterocycles. The van der Waals surface area contributed by atoms with Gasteiger partial charge < -0.3 is 9.80 Å². The van der Waals surface area contributed by atoms with Crippen LogP contribution in [0.1, 0.15) is 19.3 Å². The second-order valence-corrected chi connectivity index (χ2v) is 4.88. The van der Waals surface area contributed by atoms with E-state index in [-0.39, 0.29) is 0 Å². The maximum atomic E-state index is 4.25. The maximum Gasteiger partial charge on any atom is 0.0330 e. The number of hydrogen-bond donors (Lipinski definition) is 1. The van der Waals surface area contributed by atoms with Crippen LogP contribution in [-0.4, -0.2) is 55.3 Å². The van der Waals surface area contributed by atoms with Gasteiger partial charge in [0, 0.05) is 24.4 Å². The van der Waals surface area contributed by atoms with Crippen LogP contribution < -0.4 is 0 Å². The van der Waals surface area contributed by atoms with Gasteiger partial charge in [-0.05, 0) is 40.4 Å². The second-order valence-electron chi connectivity index (χ2n) is 4.43. The van der Waals surface area contributed by atoms with Crippen molar-refractivity contribution < 1.29 is 0 Å². The van der Waals surface area contributed by atoms with Crippen LogP contribution in [0, 0.1) is 0 Å². The Labute approximate surface area is 87.7 Å². The Balaban J connectivity index is 2.39. The van der Waals surface area contributed by atoms with Gasteiger partial charge in [-0.25, -0.2) is 0 Å². The van der Waals surface area contributed by atoms with Gasteiger partial charge in [0.15, 0.2) is 0 Å². The standard InChI is InChI=1S/C10H22N2S/c1-11(2)10(5-4-6-10)9-12(3)7-8-13/h13H,4-9H2,1-3H3.